The molecular formula is C46H37N5O. The topological polar surface area (TPSA) is 69.6 Å². The van der Waals surface area contributed by atoms with Crippen molar-refractivity contribution in [3.05, 3.63) is 151 Å². The molecule has 0 fully saturated rings. The van der Waals surface area contributed by atoms with Crippen LogP contribution in [-0.2, 0) is 0 Å². The molecule has 0 unspecified atom stereocenters. The van der Waals surface area contributed by atoms with Crippen LogP contribution < -0.4 is 0 Å². The average Bonchev–Trinajstić information content (AvgIpc) is 3.76. The Bertz CT molecular complexity index is 2700. The van der Waals surface area contributed by atoms with Crippen LogP contribution in [0.1, 0.15) is 50.7 Å². The van der Waals surface area contributed by atoms with E-state index in [1.807, 2.05) is 6.07 Å². The third-order valence-corrected chi connectivity index (χ3v) is 10.0. The van der Waals surface area contributed by atoms with Crippen molar-refractivity contribution in [2.45, 2.75) is 39.5 Å². The molecule has 9 aromatic rings. The third-order valence-electron chi connectivity index (χ3n) is 10.0. The second kappa shape index (κ2) is 12.7. The Kier molecular flexibility index (Phi) is 7.73. The second-order valence-corrected chi connectivity index (χ2v) is 14.0. The zero-order chi connectivity index (χ0) is 35.3. The first-order valence-corrected chi connectivity index (χ1v) is 17.9. The van der Waals surface area contributed by atoms with Crippen LogP contribution in [0.3, 0.4) is 0 Å². The molecule has 0 N–H and O–H groups in total. The standard InChI is InChI=1S/C46H37N5O/c1-28(2)39-24-35(31-14-9-6-10-15-31)25-40(29(3)4)42(39)51-45(49-44-46(51)47-27-48-50-44)38-17-11-16-37-36-23-22-34(26-41(36)52-43(37)38)33-20-18-32(19-21-33)30-12-7-5-8-13-30/h5-29H,1-4H3. The SMILES string of the molecule is CC(C)c1cc(-c2ccccc2)cc(C(C)C)c1-n1c(-c2cccc3c2oc2cc(-c4ccc(-c5ccccc5)cc4)ccc23)nc2nncnc21. The third kappa shape index (κ3) is 5.35. The summed E-state index contributed by atoms with van der Waals surface area (Å²) in [6, 6.07) is 47.2. The average molecular weight is 676 g/mol. The molecule has 0 aliphatic rings. The van der Waals surface area contributed by atoms with Crippen molar-refractivity contribution in [3.63, 3.8) is 0 Å². The Labute approximate surface area is 302 Å². The molecule has 0 aliphatic heterocycles. The Morgan fingerprint density at radius 2 is 1.15 bits per heavy atom. The highest BCUT2D eigenvalue weighted by Crippen LogP contribution is 2.42. The van der Waals surface area contributed by atoms with Gasteiger partial charge in [-0.2, -0.15) is 0 Å². The summed E-state index contributed by atoms with van der Waals surface area (Å²) in [6.07, 6.45) is 1.50. The monoisotopic (exact) mass is 675 g/mol. The molecule has 0 spiro atoms. The normalized spacial score (nSPS) is 11.8. The van der Waals surface area contributed by atoms with E-state index in [4.69, 9.17) is 14.4 Å². The van der Waals surface area contributed by atoms with Gasteiger partial charge in [0.15, 0.2) is 11.5 Å². The van der Waals surface area contributed by atoms with Crippen LogP contribution in [0.2, 0.25) is 0 Å². The maximum Gasteiger partial charge on any atom is 0.220 e. The largest absolute Gasteiger partial charge is 0.455 e. The molecule has 0 bridgehead atoms. The summed E-state index contributed by atoms with van der Waals surface area (Å²) in [5, 5.41) is 10.7. The van der Waals surface area contributed by atoms with Gasteiger partial charge in [-0.05, 0) is 86.7 Å². The second-order valence-electron chi connectivity index (χ2n) is 14.0. The predicted octanol–water partition coefficient (Wildman–Crippen LogP) is 12.0. The van der Waals surface area contributed by atoms with Gasteiger partial charge in [-0.15, -0.1) is 10.2 Å². The molecule has 0 saturated heterocycles. The van der Waals surface area contributed by atoms with E-state index >= 15 is 0 Å². The van der Waals surface area contributed by atoms with Crippen molar-refractivity contribution in [3.8, 4) is 50.5 Å². The zero-order valence-electron chi connectivity index (χ0n) is 29.6. The summed E-state index contributed by atoms with van der Waals surface area (Å²) in [5.74, 6) is 1.16. The van der Waals surface area contributed by atoms with Gasteiger partial charge in [0.1, 0.15) is 17.5 Å². The van der Waals surface area contributed by atoms with Gasteiger partial charge in [0.2, 0.25) is 5.65 Å². The molecular weight excluding hydrogens is 639 g/mol. The highest BCUT2D eigenvalue weighted by molar-refractivity contribution is 6.10. The van der Waals surface area contributed by atoms with E-state index in [0.717, 1.165) is 50.1 Å². The van der Waals surface area contributed by atoms with Crippen molar-refractivity contribution in [1.82, 2.24) is 24.7 Å². The van der Waals surface area contributed by atoms with Gasteiger partial charge in [0.05, 0.1) is 11.3 Å². The first-order chi connectivity index (χ1) is 25.4. The molecule has 0 saturated carbocycles. The van der Waals surface area contributed by atoms with Gasteiger partial charge < -0.3 is 4.42 Å². The van der Waals surface area contributed by atoms with E-state index in [-0.39, 0.29) is 11.8 Å². The maximum absolute atomic E-state index is 6.80. The maximum atomic E-state index is 6.80. The van der Waals surface area contributed by atoms with Crippen molar-refractivity contribution < 1.29 is 4.42 Å². The fourth-order valence-electron chi connectivity index (χ4n) is 7.39. The highest BCUT2D eigenvalue weighted by Gasteiger charge is 2.26. The summed E-state index contributed by atoms with van der Waals surface area (Å²) in [5.41, 5.74) is 14.1. The summed E-state index contributed by atoms with van der Waals surface area (Å²) < 4.78 is 8.99. The molecule has 3 heterocycles. The van der Waals surface area contributed by atoms with Crippen molar-refractivity contribution in [1.29, 1.82) is 0 Å². The summed E-state index contributed by atoms with van der Waals surface area (Å²) >= 11 is 0. The van der Waals surface area contributed by atoms with Crippen LogP contribution in [-0.4, -0.2) is 24.7 Å². The Balaban J connectivity index is 1.23. The first-order valence-electron chi connectivity index (χ1n) is 17.9. The number of hydrogen-bond acceptors (Lipinski definition) is 5. The molecule has 0 aliphatic carbocycles. The van der Waals surface area contributed by atoms with E-state index in [1.54, 1.807) is 0 Å². The molecule has 52 heavy (non-hydrogen) atoms. The minimum Gasteiger partial charge on any atom is -0.455 e. The van der Waals surface area contributed by atoms with Crippen LogP contribution in [0, 0.1) is 0 Å². The molecule has 0 amide bonds. The van der Waals surface area contributed by atoms with Gasteiger partial charge in [-0.3, -0.25) is 4.57 Å². The molecule has 252 valence electrons. The summed E-state index contributed by atoms with van der Waals surface area (Å²) in [7, 11) is 0. The number of furan rings is 1. The number of nitrogens with zero attached hydrogens (tertiary/aromatic N) is 5. The molecule has 3 aromatic heterocycles. The minimum atomic E-state index is 0.221. The molecule has 6 heteroatoms. The van der Waals surface area contributed by atoms with E-state index in [1.165, 1.54) is 39.7 Å². The van der Waals surface area contributed by atoms with Gasteiger partial charge in [0, 0.05) is 10.8 Å². The smallest absolute Gasteiger partial charge is 0.220 e. The number of aromatic nitrogens is 5. The Morgan fingerprint density at radius 3 is 1.81 bits per heavy atom. The van der Waals surface area contributed by atoms with Crippen LogP contribution in [0.15, 0.2) is 144 Å². The zero-order valence-corrected chi connectivity index (χ0v) is 29.6. The van der Waals surface area contributed by atoms with E-state index in [0.29, 0.717) is 11.3 Å². The highest BCUT2D eigenvalue weighted by atomic mass is 16.3. The Morgan fingerprint density at radius 1 is 0.558 bits per heavy atom. The first kappa shape index (κ1) is 31.6. The fraction of sp³-hybridized carbons (Fsp3) is 0.130. The molecule has 6 aromatic carbocycles. The lowest BCUT2D eigenvalue weighted by Gasteiger charge is -2.24. The minimum absolute atomic E-state index is 0.221. The van der Waals surface area contributed by atoms with E-state index < -0.39 is 0 Å². The van der Waals surface area contributed by atoms with Crippen molar-refractivity contribution >= 4 is 33.2 Å². The van der Waals surface area contributed by atoms with Crippen LogP contribution in [0.4, 0.5) is 0 Å². The number of para-hydroxylation sites is 1. The predicted molar refractivity (Wildman–Crippen MR) is 212 cm³/mol. The quantitative estimate of drug-likeness (QED) is 0.168. The van der Waals surface area contributed by atoms with E-state index in [9.17, 15) is 0 Å². The number of fused-ring (bicyclic) bond motifs is 4. The number of benzene rings is 6. The molecule has 6 nitrogen and oxygen atoms in total. The van der Waals surface area contributed by atoms with Crippen molar-refractivity contribution in [2.24, 2.45) is 0 Å². The van der Waals surface area contributed by atoms with Gasteiger partial charge >= 0.3 is 0 Å². The molecule has 9 rings (SSSR count). The number of imidazole rings is 1. The van der Waals surface area contributed by atoms with Gasteiger partial charge in [-0.25, -0.2) is 9.97 Å². The van der Waals surface area contributed by atoms with Crippen molar-refractivity contribution in [2.75, 3.05) is 0 Å². The summed E-state index contributed by atoms with van der Waals surface area (Å²) in [4.78, 5) is 9.90. The lowest BCUT2D eigenvalue weighted by Crippen LogP contribution is -2.10. The summed E-state index contributed by atoms with van der Waals surface area (Å²) in [6.45, 7) is 8.99. The van der Waals surface area contributed by atoms with Crippen LogP contribution in [0.25, 0.3) is 83.7 Å². The Hall–Kier alpha value is -6.40. The molecule has 0 atom stereocenters. The number of hydrogen-bond donors (Lipinski definition) is 0. The van der Waals surface area contributed by atoms with Crippen LogP contribution in [0.5, 0.6) is 0 Å². The van der Waals surface area contributed by atoms with Gasteiger partial charge in [0.25, 0.3) is 0 Å². The molecule has 0 radical (unpaired) electrons. The number of rotatable bonds is 7. The van der Waals surface area contributed by atoms with E-state index in [2.05, 4.69) is 170 Å². The lowest BCUT2D eigenvalue weighted by atomic mass is 9.88. The van der Waals surface area contributed by atoms with Crippen LogP contribution >= 0.6 is 0 Å². The fourth-order valence-corrected chi connectivity index (χ4v) is 7.39. The lowest BCUT2D eigenvalue weighted by molar-refractivity contribution is 0.669. The van der Waals surface area contributed by atoms with Gasteiger partial charge in [-0.1, -0.05) is 131 Å².